The number of carbonyl (C=O) groups is 1. The van der Waals surface area contributed by atoms with Crippen molar-refractivity contribution in [3.05, 3.63) is 58.5 Å². The van der Waals surface area contributed by atoms with Crippen LogP contribution in [0.4, 0.5) is 5.69 Å². The van der Waals surface area contributed by atoms with Crippen molar-refractivity contribution in [3.8, 4) is 0 Å². The lowest BCUT2D eigenvalue weighted by molar-refractivity contribution is -0.113. The number of fused-ring (bicyclic) bond motifs is 3. The monoisotopic (exact) mass is 480 g/mol. The summed E-state index contributed by atoms with van der Waals surface area (Å²) in [5.74, 6) is 0.0257. The van der Waals surface area contributed by atoms with Gasteiger partial charge in [0, 0.05) is 23.9 Å². The molecule has 3 aromatic heterocycles. The van der Waals surface area contributed by atoms with Crippen LogP contribution in [0.15, 0.2) is 52.5 Å². The summed E-state index contributed by atoms with van der Waals surface area (Å²) < 4.78 is 8.05. The number of rotatable bonds is 7. The van der Waals surface area contributed by atoms with E-state index < -0.39 is 0 Å². The number of thiophene rings is 1. The highest BCUT2D eigenvalue weighted by atomic mass is 32.2. The Hall–Kier alpha value is -2.75. The number of nitrogens with one attached hydrogen (secondary N) is 1. The van der Waals surface area contributed by atoms with Gasteiger partial charge in [0.25, 0.3) is 5.56 Å². The van der Waals surface area contributed by atoms with E-state index in [-0.39, 0.29) is 23.3 Å². The van der Waals surface area contributed by atoms with Crippen molar-refractivity contribution >= 4 is 55.1 Å². The van der Waals surface area contributed by atoms with Gasteiger partial charge in [-0.05, 0) is 43.0 Å². The number of carbonyl (C=O) groups excluding carboxylic acids is 1. The largest absolute Gasteiger partial charge is 0.376 e. The first-order valence-corrected chi connectivity index (χ1v) is 12.8. The number of benzene rings is 1. The predicted molar refractivity (Wildman–Crippen MR) is 133 cm³/mol. The maximum Gasteiger partial charge on any atom is 0.272 e. The molecule has 1 aliphatic heterocycles. The Balaban J connectivity index is 1.46. The number of aromatic nitrogens is 3. The van der Waals surface area contributed by atoms with E-state index in [1.54, 1.807) is 10.8 Å². The number of amides is 1. The van der Waals surface area contributed by atoms with E-state index in [1.165, 1.54) is 23.1 Å². The van der Waals surface area contributed by atoms with Crippen LogP contribution in [0, 0.1) is 0 Å². The molecule has 0 bridgehead atoms. The minimum absolute atomic E-state index is 0.0148. The van der Waals surface area contributed by atoms with Gasteiger partial charge in [0.2, 0.25) is 5.91 Å². The molecule has 33 heavy (non-hydrogen) atoms. The lowest BCUT2D eigenvalue weighted by Crippen LogP contribution is -2.28. The summed E-state index contributed by atoms with van der Waals surface area (Å²) in [7, 11) is 0. The predicted octanol–water partition coefficient (Wildman–Crippen LogP) is 4.48. The fourth-order valence-corrected chi connectivity index (χ4v) is 5.90. The van der Waals surface area contributed by atoms with E-state index in [2.05, 4.69) is 17.2 Å². The fraction of sp³-hybridized carbons (Fsp3) is 0.333. The van der Waals surface area contributed by atoms with Gasteiger partial charge in [0.1, 0.15) is 9.53 Å². The fourth-order valence-electron chi connectivity index (χ4n) is 4.07. The summed E-state index contributed by atoms with van der Waals surface area (Å²) in [6.45, 7) is 3.21. The van der Waals surface area contributed by atoms with Gasteiger partial charge in [-0.2, -0.15) is 0 Å². The lowest BCUT2D eigenvalue weighted by atomic mass is 10.1. The van der Waals surface area contributed by atoms with E-state index in [1.807, 2.05) is 36.4 Å². The number of nitrogens with zero attached hydrogens (tertiary/aromatic N) is 3. The zero-order valence-electron chi connectivity index (χ0n) is 18.2. The molecule has 1 aliphatic rings. The van der Waals surface area contributed by atoms with Crippen LogP contribution in [0.3, 0.4) is 0 Å². The highest BCUT2D eigenvalue weighted by molar-refractivity contribution is 7.99. The average Bonchev–Trinajstić information content (AvgIpc) is 3.48. The number of para-hydroxylation sites is 1. The minimum Gasteiger partial charge on any atom is -0.376 e. The van der Waals surface area contributed by atoms with Crippen LogP contribution >= 0.6 is 23.1 Å². The molecule has 170 valence electrons. The summed E-state index contributed by atoms with van der Waals surface area (Å²) >= 11 is 2.64. The number of pyridine rings is 1. The Kier molecular flexibility index (Phi) is 6.43. The third-order valence-corrected chi connectivity index (χ3v) is 7.80. The van der Waals surface area contributed by atoms with Crippen LogP contribution in [-0.2, 0) is 22.5 Å². The molecule has 5 rings (SSSR count). The van der Waals surface area contributed by atoms with Crippen molar-refractivity contribution in [1.82, 2.24) is 14.5 Å². The summed E-state index contributed by atoms with van der Waals surface area (Å²) in [6, 6.07) is 11.6. The number of anilines is 1. The zero-order chi connectivity index (χ0) is 22.8. The molecule has 0 spiro atoms. The first-order valence-electron chi connectivity index (χ1n) is 11.0. The average molecular weight is 481 g/mol. The molecule has 0 saturated carbocycles. The van der Waals surface area contributed by atoms with Crippen LogP contribution in [0.5, 0.6) is 0 Å². The second-order valence-electron chi connectivity index (χ2n) is 7.93. The van der Waals surface area contributed by atoms with Crippen molar-refractivity contribution in [2.24, 2.45) is 0 Å². The molecule has 7 nitrogen and oxygen atoms in total. The Morgan fingerprint density at radius 2 is 2.18 bits per heavy atom. The summed E-state index contributed by atoms with van der Waals surface area (Å²) in [5.41, 5.74) is 2.46. The van der Waals surface area contributed by atoms with Crippen molar-refractivity contribution in [3.63, 3.8) is 0 Å². The minimum atomic E-state index is -0.129. The van der Waals surface area contributed by atoms with Crippen LogP contribution < -0.4 is 10.9 Å². The van der Waals surface area contributed by atoms with E-state index in [0.29, 0.717) is 28.5 Å². The Morgan fingerprint density at radius 1 is 1.30 bits per heavy atom. The van der Waals surface area contributed by atoms with Crippen molar-refractivity contribution in [2.75, 3.05) is 17.7 Å². The first-order chi connectivity index (χ1) is 16.1. The molecule has 1 aromatic carbocycles. The van der Waals surface area contributed by atoms with Crippen molar-refractivity contribution < 1.29 is 9.53 Å². The SMILES string of the molecule is CCc1ccccc1NC(=O)CSc1nc2c(sc3ncccc32)c(=O)n1C[C@@H]1CCCO1. The molecular weight excluding hydrogens is 456 g/mol. The Bertz CT molecular complexity index is 1380. The van der Waals surface area contributed by atoms with E-state index in [9.17, 15) is 9.59 Å². The topological polar surface area (TPSA) is 86.1 Å². The molecule has 1 N–H and O–H groups in total. The Morgan fingerprint density at radius 3 is 3.00 bits per heavy atom. The number of ether oxygens (including phenoxy) is 1. The van der Waals surface area contributed by atoms with Gasteiger partial charge < -0.3 is 10.1 Å². The number of thioether (sulfide) groups is 1. The Labute approximate surface area is 199 Å². The first kappa shape index (κ1) is 22.1. The van der Waals surface area contributed by atoms with E-state index in [4.69, 9.17) is 9.72 Å². The maximum absolute atomic E-state index is 13.5. The molecule has 0 radical (unpaired) electrons. The van der Waals surface area contributed by atoms with Crippen molar-refractivity contribution in [2.45, 2.75) is 44.0 Å². The summed E-state index contributed by atoms with van der Waals surface area (Å²) in [4.78, 5) is 36.2. The van der Waals surface area contributed by atoms with Crippen LogP contribution in [0.1, 0.15) is 25.3 Å². The summed E-state index contributed by atoms with van der Waals surface area (Å²) in [5, 5.41) is 4.39. The molecule has 0 unspecified atom stereocenters. The second kappa shape index (κ2) is 9.62. The molecule has 1 atom stereocenters. The quantitative estimate of drug-likeness (QED) is 0.310. The van der Waals surface area contributed by atoms with Gasteiger partial charge in [-0.25, -0.2) is 9.97 Å². The summed E-state index contributed by atoms with van der Waals surface area (Å²) in [6.07, 6.45) is 4.44. The maximum atomic E-state index is 13.5. The smallest absolute Gasteiger partial charge is 0.272 e. The highest BCUT2D eigenvalue weighted by Crippen LogP contribution is 2.31. The van der Waals surface area contributed by atoms with Crippen LogP contribution in [0.25, 0.3) is 20.4 Å². The van der Waals surface area contributed by atoms with Gasteiger partial charge in [0.15, 0.2) is 5.16 Å². The molecule has 9 heteroatoms. The van der Waals surface area contributed by atoms with Gasteiger partial charge in [-0.1, -0.05) is 36.9 Å². The normalized spacial score (nSPS) is 16.0. The van der Waals surface area contributed by atoms with Crippen LogP contribution in [-0.4, -0.2) is 38.9 Å². The van der Waals surface area contributed by atoms with Gasteiger partial charge in [-0.3, -0.25) is 14.2 Å². The second-order valence-corrected chi connectivity index (χ2v) is 9.87. The van der Waals surface area contributed by atoms with E-state index >= 15 is 0 Å². The molecular formula is C24H24N4O3S2. The molecule has 4 aromatic rings. The van der Waals surface area contributed by atoms with Gasteiger partial charge in [-0.15, -0.1) is 11.3 Å². The standard InChI is InChI=1S/C24H24N4O3S2/c1-2-15-7-3-4-10-18(15)26-19(29)14-32-24-27-20-17-9-5-11-25-22(17)33-21(20)23(30)28(24)13-16-8-6-12-31-16/h3-5,7,9-11,16H,2,6,8,12-14H2,1H3,(H,26,29)/t16-/m0/s1. The molecule has 0 aliphatic carbocycles. The number of hydrogen-bond acceptors (Lipinski definition) is 7. The third kappa shape index (κ3) is 4.53. The molecule has 1 saturated heterocycles. The highest BCUT2D eigenvalue weighted by Gasteiger charge is 2.22. The van der Waals surface area contributed by atoms with Crippen molar-refractivity contribution in [1.29, 1.82) is 0 Å². The van der Waals surface area contributed by atoms with Gasteiger partial charge in [0.05, 0.1) is 23.9 Å². The molecule has 1 fully saturated rings. The number of hydrogen-bond donors (Lipinski definition) is 1. The number of aryl methyl sites for hydroxylation is 1. The van der Waals surface area contributed by atoms with Gasteiger partial charge >= 0.3 is 0 Å². The third-order valence-electron chi connectivity index (χ3n) is 5.73. The molecule has 1 amide bonds. The van der Waals surface area contributed by atoms with Crippen LogP contribution in [0.2, 0.25) is 0 Å². The zero-order valence-corrected chi connectivity index (χ0v) is 19.9. The van der Waals surface area contributed by atoms with E-state index in [0.717, 1.165) is 40.7 Å². The lowest BCUT2D eigenvalue weighted by Gasteiger charge is -2.16. The molecule has 4 heterocycles.